The molecule has 1 aromatic carbocycles. The van der Waals surface area contributed by atoms with Crippen molar-refractivity contribution in [2.24, 2.45) is 0 Å². The van der Waals surface area contributed by atoms with E-state index in [1.807, 2.05) is 24.3 Å². The minimum Gasteiger partial charge on any atom is -0.487 e. The van der Waals surface area contributed by atoms with Crippen molar-refractivity contribution in [1.29, 1.82) is 0 Å². The topological polar surface area (TPSA) is 94.7 Å². The highest BCUT2D eigenvalue weighted by molar-refractivity contribution is 7.09. The van der Waals surface area contributed by atoms with E-state index in [1.54, 1.807) is 28.5 Å². The second kappa shape index (κ2) is 9.35. The molecule has 0 spiro atoms. The minimum atomic E-state index is 0.286. The summed E-state index contributed by atoms with van der Waals surface area (Å²) in [4.78, 5) is 15.5. The van der Waals surface area contributed by atoms with Crippen molar-refractivity contribution in [2.45, 2.75) is 25.4 Å². The van der Waals surface area contributed by atoms with Crippen LogP contribution in [0, 0.1) is 0 Å². The first-order chi connectivity index (χ1) is 15.7. The van der Waals surface area contributed by atoms with Gasteiger partial charge in [0, 0.05) is 24.4 Å². The first-order valence-corrected chi connectivity index (χ1v) is 11.6. The van der Waals surface area contributed by atoms with Gasteiger partial charge in [0.05, 0.1) is 27.6 Å². The van der Waals surface area contributed by atoms with Crippen LogP contribution in [0.25, 0.3) is 5.69 Å². The summed E-state index contributed by atoms with van der Waals surface area (Å²) in [7, 11) is 0. The predicted octanol–water partition coefficient (Wildman–Crippen LogP) is 4.18. The number of benzene rings is 1. The van der Waals surface area contributed by atoms with Crippen molar-refractivity contribution in [1.82, 2.24) is 35.2 Å². The summed E-state index contributed by atoms with van der Waals surface area (Å²) >= 11 is 13.6. The standard InChI is InChI=1S/C20H18Cl2N8OS/c21-17-9-23-20(26-18(17)22)29-7-5-13(6-8-29)19-25-14(11-32-19)10-31-16-3-1-15(2-4-16)30-12-24-27-28-30/h1-4,9,11-13H,5-8,10H2. The molecular formula is C20H18Cl2N8OS. The van der Waals surface area contributed by atoms with Gasteiger partial charge in [-0.15, -0.1) is 16.4 Å². The largest absolute Gasteiger partial charge is 0.487 e. The van der Waals surface area contributed by atoms with Crippen molar-refractivity contribution in [3.05, 3.63) is 63.0 Å². The number of thiazole rings is 1. The summed E-state index contributed by atoms with van der Waals surface area (Å²) in [6.07, 6.45) is 5.06. The lowest BCUT2D eigenvalue weighted by atomic mass is 9.98. The average Bonchev–Trinajstić information content (AvgIpc) is 3.53. The van der Waals surface area contributed by atoms with E-state index in [2.05, 4.69) is 35.8 Å². The molecule has 1 fully saturated rings. The Labute approximate surface area is 198 Å². The molecule has 0 atom stereocenters. The summed E-state index contributed by atoms with van der Waals surface area (Å²) in [6, 6.07) is 7.60. The normalized spacial score (nSPS) is 14.6. The number of tetrazole rings is 1. The summed E-state index contributed by atoms with van der Waals surface area (Å²) < 4.78 is 7.49. The molecule has 0 radical (unpaired) electrons. The third-order valence-electron chi connectivity index (χ3n) is 5.22. The maximum Gasteiger partial charge on any atom is 0.226 e. The highest BCUT2D eigenvalue weighted by atomic mass is 35.5. The summed E-state index contributed by atoms with van der Waals surface area (Å²) in [5, 5.41) is 15.0. The zero-order chi connectivity index (χ0) is 21.9. The third kappa shape index (κ3) is 4.67. The first-order valence-electron chi connectivity index (χ1n) is 9.99. The Balaban J connectivity index is 1.14. The fourth-order valence-electron chi connectivity index (χ4n) is 3.52. The van der Waals surface area contributed by atoms with Crippen LogP contribution in [-0.4, -0.2) is 48.2 Å². The fraction of sp³-hybridized carbons (Fsp3) is 0.300. The monoisotopic (exact) mass is 488 g/mol. The fourth-order valence-corrected chi connectivity index (χ4v) is 4.72. The number of aromatic nitrogens is 7. The molecule has 0 amide bonds. The molecule has 0 aliphatic carbocycles. The molecule has 0 unspecified atom stereocenters. The number of halogens is 2. The smallest absolute Gasteiger partial charge is 0.226 e. The summed E-state index contributed by atoms with van der Waals surface area (Å²) in [6.45, 7) is 2.13. The van der Waals surface area contributed by atoms with Gasteiger partial charge in [0.25, 0.3) is 0 Å². The molecule has 4 aromatic rings. The predicted molar refractivity (Wildman–Crippen MR) is 122 cm³/mol. The molecule has 32 heavy (non-hydrogen) atoms. The average molecular weight is 489 g/mol. The van der Waals surface area contributed by atoms with E-state index in [0.29, 0.717) is 23.5 Å². The van der Waals surface area contributed by atoms with E-state index in [-0.39, 0.29) is 5.15 Å². The summed E-state index contributed by atoms with van der Waals surface area (Å²) in [5.74, 6) is 1.81. The van der Waals surface area contributed by atoms with Crippen LogP contribution >= 0.6 is 34.5 Å². The van der Waals surface area contributed by atoms with Crippen molar-refractivity contribution < 1.29 is 4.74 Å². The molecule has 9 nitrogen and oxygen atoms in total. The van der Waals surface area contributed by atoms with Gasteiger partial charge in [0.2, 0.25) is 5.95 Å². The molecule has 0 saturated carbocycles. The van der Waals surface area contributed by atoms with Gasteiger partial charge in [-0.2, -0.15) is 4.98 Å². The van der Waals surface area contributed by atoms with Crippen LogP contribution in [0.2, 0.25) is 10.2 Å². The molecule has 1 aliphatic rings. The lowest BCUT2D eigenvalue weighted by molar-refractivity contribution is 0.301. The second-order valence-corrected chi connectivity index (χ2v) is 8.94. The third-order valence-corrected chi connectivity index (χ3v) is 6.94. The highest BCUT2D eigenvalue weighted by Crippen LogP contribution is 2.32. The molecule has 3 aromatic heterocycles. The SMILES string of the molecule is Clc1cnc(N2CCC(c3nc(COc4ccc(-n5cnnn5)cc4)cs3)CC2)nc1Cl. The molecule has 5 rings (SSSR count). The van der Waals surface area contributed by atoms with E-state index < -0.39 is 0 Å². The van der Waals surface area contributed by atoms with Gasteiger partial charge >= 0.3 is 0 Å². The van der Waals surface area contributed by atoms with Gasteiger partial charge in [-0.3, -0.25) is 0 Å². The van der Waals surface area contributed by atoms with E-state index in [1.165, 1.54) is 0 Å². The molecule has 12 heteroatoms. The Bertz CT molecular complexity index is 1180. The number of hydrogen-bond donors (Lipinski definition) is 0. The van der Waals surface area contributed by atoms with Crippen LogP contribution in [0.4, 0.5) is 5.95 Å². The zero-order valence-electron chi connectivity index (χ0n) is 16.8. The van der Waals surface area contributed by atoms with Crippen LogP contribution in [0.3, 0.4) is 0 Å². The lowest BCUT2D eigenvalue weighted by Gasteiger charge is -2.31. The van der Waals surface area contributed by atoms with Crippen LogP contribution in [0.1, 0.15) is 29.5 Å². The van der Waals surface area contributed by atoms with Gasteiger partial charge in [0.1, 0.15) is 18.7 Å². The molecule has 0 bridgehead atoms. The Hall–Kier alpha value is -2.82. The Kier molecular flexibility index (Phi) is 6.15. The maximum absolute atomic E-state index is 6.03. The van der Waals surface area contributed by atoms with Crippen LogP contribution in [0.5, 0.6) is 5.75 Å². The lowest BCUT2D eigenvalue weighted by Crippen LogP contribution is -2.34. The number of nitrogens with zero attached hydrogens (tertiary/aromatic N) is 8. The molecule has 1 saturated heterocycles. The number of piperidine rings is 1. The quantitative estimate of drug-likeness (QED) is 0.373. The number of rotatable bonds is 6. The number of ether oxygens (including phenoxy) is 1. The number of hydrogen-bond acceptors (Lipinski definition) is 9. The Morgan fingerprint density at radius 2 is 1.91 bits per heavy atom. The van der Waals surface area contributed by atoms with Gasteiger partial charge in [-0.05, 0) is 47.5 Å². The second-order valence-electron chi connectivity index (χ2n) is 7.28. The van der Waals surface area contributed by atoms with Gasteiger partial charge in [0.15, 0.2) is 5.15 Å². The van der Waals surface area contributed by atoms with Crippen molar-refractivity contribution in [3.63, 3.8) is 0 Å². The van der Waals surface area contributed by atoms with Gasteiger partial charge in [-0.25, -0.2) is 14.6 Å². The molecule has 4 heterocycles. The Morgan fingerprint density at radius 3 is 2.62 bits per heavy atom. The number of anilines is 1. The minimum absolute atomic E-state index is 0.286. The van der Waals surface area contributed by atoms with Gasteiger partial charge < -0.3 is 9.64 Å². The van der Waals surface area contributed by atoms with Crippen LogP contribution in [0.15, 0.2) is 42.2 Å². The van der Waals surface area contributed by atoms with E-state index in [4.69, 9.17) is 32.9 Å². The van der Waals surface area contributed by atoms with E-state index >= 15 is 0 Å². The van der Waals surface area contributed by atoms with Crippen molar-refractivity contribution in [2.75, 3.05) is 18.0 Å². The van der Waals surface area contributed by atoms with E-state index in [0.717, 1.165) is 48.1 Å². The Morgan fingerprint density at radius 1 is 1.09 bits per heavy atom. The van der Waals surface area contributed by atoms with Crippen LogP contribution in [-0.2, 0) is 6.61 Å². The van der Waals surface area contributed by atoms with Crippen molar-refractivity contribution >= 4 is 40.5 Å². The van der Waals surface area contributed by atoms with E-state index in [9.17, 15) is 0 Å². The van der Waals surface area contributed by atoms with Crippen LogP contribution < -0.4 is 9.64 Å². The molecule has 0 N–H and O–H groups in total. The molecular weight excluding hydrogens is 471 g/mol. The molecule has 1 aliphatic heterocycles. The first kappa shape index (κ1) is 21.0. The zero-order valence-corrected chi connectivity index (χ0v) is 19.1. The highest BCUT2D eigenvalue weighted by Gasteiger charge is 2.24. The molecule has 164 valence electrons. The van der Waals surface area contributed by atoms with Crippen molar-refractivity contribution in [3.8, 4) is 11.4 Å². The maximum atomic E-state index is 6.03. The summed E-state index contributed by atoms with van der Waals surface area (Å²) in [5.41, 5.74) is 1.81. The van der Waals surface area contributed by atoms with Gasteiger partial charge in [-0.1, -0.05) is 23.2 Å².